The number of hydrogen-bond acceptors (Lipinski definition) is 1. The molecule has 0 fully saturated rings. The quantitative estimate of drug-likeness (QED) is 0.419. The highest BCUT2D eigenvalue weighted by Gasteiger charge is 2.33. The van der Waals surface area contributed by atoms with Gasteiger partial charge in [-0.15, -0.1) is 0 Å². The first-order valence-electron chi connectivity index (χ1n) is 9.37. The third kappa shape index (κ3) is 1.94. The predicted molar refractivity (Wildman–Crippen MR) is 114 cm³/mol. The summed E-state index contributed by atoms with van der Waals surface area (Å²) in [5.74, 6) is 1.05. The van der Waals surface area contributed by atoms with Gasteiger partial charge in [0.05, 0.1) is 11.0 Å². The molecule has 2 nitrogen and oxygen atoms in total. The molecule has 0 atom stereocenters. The minimum atomic E-state index is 0.205. The van der Waals surface area contributed by atoms with Crippen molar-refractivity contribution in [2.24, 2.45) is 0 Å². The van der Waals surface area contributed by atoms with E-state index >= 15 is 0 Å². The van der Waals surface area contributed by atoms with Crippen LogP contribution in [0.2, 0.25) is 0 Å². The summed E-state index contributed by atoms with van der Waals surface area (Å²) >= 11 is 0. The minimum Gasteiger partial charge on any atom is -0.295 e. The maximum atomic E-state index is 4.83. The van der Waals surface area contributed by atoms with Crippen molar-refractivity contribution in [1.82, 2.24) is 9.55 Å². The predicted octanol–water partition coefficient (Wildman–Crippen LogP) is 3.32. The summed E-state index contributed by atoms with van der Waals surface area (Å²) in [6, 6.07) is 28.5. The molecule has 1 aliphatic heterocycles. The summed E-state index contributed by atoms with van der Waals surface area (Å²) < 4.78 is 2.36. The summed E-state index contributed by atoms with van der Waals surface area (Å²) in [5, 5.41) is 2.60. The lowest BCUT2D eigenvalue weighted by Gasteiger charge is -2.25. The Bertz CT molecular complexity index is 1340. The Morgan fingerprint density at radius 2 is 1.63 bits per heavy atom. The first-order valence-corrected chi connectivity index (χ1v) is 9.37. The van der Waals surface area contributed by atoms with E-state index in [1.54, 1.807) is 0 Å². The average molecular weight is 344 g/mol. The highest BCUT2D eigenvalue weighted by Crippen LogP contribution is 2.32. The molecule has 0 bridgehead atoms. The highest BCUT2D eigenvalue weighted by atomic mass is 15.1. The number of benzene rings is 3. The normalized spacial score (nSPS) is 12.6. The molecule has 3 heterocycles. The van der Waals surface area contributed by atoms with Crippen molar-refractivity contribution in [1.29, 1.82) is 0 Å². The number of pyridine rings is 1. The van der Waals surface area contributed by atoms with Gasteiger partial charge in [0.25, 0.3) is 0 Å². The number of rotatable bonds is 1. The maximum absolute atomic E-state index is 4.83. The van der Waals surface area contributed by atoms with E-state index in [4.69, 9.17) is 4.98 Å². The molecule has 27 heavy (non-hydrogen) atoms. The topological polar surface area (TPSA) is 17.8 Å². The van der Waals surface area contributed by atoms with Crippen LogP contribution in [0.4, 0.5) is 0 Å². The van der Waals surface area contributed by atoms with Gasteiger partial charge in [-0.3, -0.25) is 4.57 Å². The summed E-state index contributed by atoms with van der Waals surface area (Å²) in [7, 11) is 0. The molecule has 0 saturated heterocycles. The van der Waals surface area contributed by atoms with Crippen LogP contribution in [0, 0.1) is 6.92 Å². The first-order chi connectivity index (χ1) is 13.3. The smallest absolute Gasteiger partial charge is 0.248 e. The Kier molecular flexibility index (Phi) is 2.93. The molecule has 0 N–H and O–H groups in total. The van der Waals surface area contributed by atoms with E-state index in [-0.39, 0.29) is 6.71 Å². The number of hydrogen-bond donors (Lipinski definition) is 0. The van der Waals surface area contributed by atoms with Crippen molar-refractivity contribution < 1.29 is 0 Å². The fourth-order valence-corrected chi connectivity index (χ4v) is 4.65. The minimum absolute atomic E-state index is 0.205. The van der Waals surface area contributed by atoms with Crippen LogP contribution in [0.5, 0.6) is 0 Å². The van der Waals surface area contributed by atoms with Crippen LogP contribution >= 0.6 is 0 Å². The zero-order valence-electron chi connectivity index (χ0n) is 15.1. The van der Waals surface area contributed by atoms with Crippen LogP contribution in [0.1, 0.15) is 5.56 Å². The van der Waals surface area contributed by atoms with E-state index in [0.717, 1.165) is 5.82 Å². The van der Waals surface area contributed by atoms with Crippen molar-refractivity contribution >= 4 is 44.9 Å². The summed E-state index contributed by atoms with van der Waals surface area (Å²) in [6.45, 7) is 2.36. The molecule has 0 amide bonds. The molecule has 3 aromatic carbocycles. The van der Waals surface area contributed by atoms with Crippen LogP contribution in [0.15, 0.2) is 85.1 Å². The molecule has 0 aliphatic carbocycles. The SMILES string of the molecule is Cc1ccc2c3cccc4c3n(c2c1)-c1ncccc1B4c1ccccc1. The van der Waals surface area contributed by atoms with E-state index in [9.17, 15) is 0 Å². The standard InChI is InChI=1S/C24H17BN2/c1-16-12-13-18-19-9-5-10-20-23(19)27(22(18)15-16)24-21(11-6-14-26-24)25(20)17-7-3-2-4-8-17/h2-15H,1H3. The van der Waals surface area contributed by atoms with Gasteiger partial charge in [0, 0.05) is 17.0 Å². The van der Waals surface area contributed by atoms with Crippen LogP contribution < -0.4 is 16.4 Å². The Morgan fingerprint density at radius 1 is 0.778 bits per heavy atom. The van der Waals surface area contributed by atoms with Crippen molar-refractivity contribution in [2.75, 3.05) is 0 Å². The zero-order valence-corrected chi connectivity index (χ0v) is 15.1. The van der Waals surface area contributed by atoms with E-state index < -0.39 is 0 Å². The Labute approximate surface area is 158 Å². The second kappa shape index (κ2) is 5.34. The molecule has 126 valence electrons. The third-order valence-corrected chi connectivity index (χ3v) is 5.76. The Morgan fingerprint density at radius 3 is 2.52 bits per heavy atom. The first kappa shape index (κ1) is 14.8. The van der Waals surface area contributed by atoms with Gasteiger partial charge in [-0.25, -0.2) is 4.98 Å². The maximum Gasteiger partial charge on any atom is 0.248 e. The molecule has 0 spiro atoms. The Hall–Kier alpha value is -3.33. The van der Waals surface area contributed by atoms with Crippen molar-refractivity contribution in [3.63, 3.8) is 0 Å². The molecule has 0 saturated carbocycles. The molecule has 5 aromatic rings. The van der Waals surface area contributed by atoms with Gasteiger partial charge < -0.3 is 0 Å². The molecule has 0 unspecified atom stereocenters. The van der Waals surface area contributed by atoms with Gasteiger partial charge in [-0.05, 0) is 35.5 Å². The highest BCUT2D eigenvalue weighted by molar-refractivity contribution is 6.97. The lowest BCUT2D eigenvalue weighted by molar-refractivity contribution is 1.09. The number of aryl methyl sites for hydroxylation is 1. The second-order valence-corrected chi connectivity index (χ2v) is 7.36. The van der Waals surface area contributed by atoms with Crippen molar-refractivity contribution in [3.8, 4) is 5.82 Å². The van der Waals surface area contributed by atoms with Crippen LogP contribution in [0.25, 0.3) is 27.6 Å². The molecule has 2 aromatic heterocycles. The fraction of sp³-hybridized carbons (Fsp3) is 0.0417. The van der Waals surface area contributed by atoms with Gasteiger partial charge in [-0.1, -0.05) is 72.2 Å². The third-order valence-electron chi connectivity index (χ3n) is 5.76. The van der Waals surface area contributed by atoms with E-state index in [1.165, 1.54) is 43.8 Å². The monoisotopic (exact) mass is 344 g/mol. The summed E-state index contributed by atoms with van der Waals surface area (Å²) in [6.07, 6.45) is 1.91. The zero-order chi connectivity index (χ0) is 18.0. The van der Waals surface area contributed by atoms with E-state index in [1.807, 2.05) is 6.20 Å². The Balaban J connectivity index is 1.84. The molecule has 1 aliphatic rings. The van der Waals surface area contributed by atoms with Crippen molar-refractivity contribution in [3.05, 3.63) is 90.6 Å². The van der Waals surface area contributed by atoms with E-state index in [2.05, 4.69) is 90.4 Å². The molecule has 3 heteroatoms. The van der Waals surface area contributed by atoms with Gasteiger partial charge >= 0.3 is 0 Å². The largest absolute Gasteiger partial charge is 0.295 e. The van der Waals surface area contributed by atoms with Gasteiger partial charge in [0.15, 0.2) is 0 Å². The van der Waals surface area contributed by atoms with E-state index in [0.29, 0.717) is 0 Å². The molecule has 6 rings (SSSR count). The summed E-state index contributed by atoms with van der Waals surface area (Å²) in [4.78, 5) is 4.83. The number of nitrogens with zero attached hydrogens (tertiary/aromatic N) is 2. The van der Waals surface area contributed by atoms with Crippen LogP contribution in [0.3, 0.4) is 0 Å². The van der Waals surface area contributed by atoms with Crippen LogP contribution in [-0.2, 0) is 0 Å². The number of fused-ring (bicyclic) bond motifs is 5. The van der Waals surface area contributed by atoms with Crippen molar-refractivity contribution in [2.45, 2.75) is 6.92 Å². The lowest BCUT2D eigenvalue weighted by atomic mass is 9.36. The van der Waals surface area contributed by atoms with Crippen LogP contribution in [-0.4, -0.2) is 16.3 Å². The van der Waals surface area contributed by atoms with Gasteiger partial charge in [0.2, 0.25) is 6.71 Å². The molecular formula is C24H17BN2. The average Bonchev–Trinajstić information content (AvgIpc) is 3.04. The molecule has 0 radical (unpaired) electrons. The summed E-state index contributed by atoms with van der Waals surface area (Å²) in [5.41, 5.74) is 7.73. The second-order valence-electron chi connectivity index (χ2n) is 7.36. The fourth-order valence-electron chi connectivity index (χ4n) is 4.65. The number of aromatic nitrogens is 2. The van der Waals surface area contributed by atoms with Gasteiger partial charge in [-0.2, -0.15) is 0 Å². The lowest BCUT2D eigenvalue weighted by Crippen LogP contribution is -2.56. The number of para-hydroxylation sites is 1. The van der Waals surface area contributed by atoms with Gasteiger partial charge in [0.1, 0.15) is 5.82 Å². The molecular weight excluding hydrogens is 327 g/mol.